The van der Waals surface area contributed by atoms with E-state index in [0.717, 1.165) is 11.3 Å². The number of thiocarbonyl (C=S) groups is 1. The summed E-state index contributed by atoms with van der Waals surface area (Å²) in [5.74, 6) is -0.199. The van der Waals surface area contributed by atoms with Crippen molar-refractivity contribution in [3.8, 4) is 0 Å². The van der Waals surface area contributed by atoms with Gasteiger partial charge in [0.1, 0.15) is 0 Å². The van der Waals surface area contributed by atoms with Crippen molar-refractivity contribution in [2.45, 2.75) is 6.92 Å². The van der Waals surface area contributed by atoms with Crippen molar-refractivity contribution >= 4 is 44.9 Å². The summed E-state index contributed by atoms with van der Waals surface area (Å²) in [6.07, 6.45) is 0. The maximum atomic E-state index is 11.8. The van der Waals surface area contributed by atoms with Gasteiger partial charge in [0.25, 0.3) is 5.91 Å². The van der Waals surface area contributed by atoms with Gasteiger partial charge in [0.05, 0.1) is 0 Å². The first kappa shape index (κ1) is 13.8. The minimum Gasteiger partial charge on any atom is -0.444 e. The maximum Gasteiger partial charge on any atom is 0.293 e. The molecule has 0 bridgehead atoms. The zero-order chi connectivity index (χ0) is 13.8. The van der Waals surface area contributed by atoms with E-state index in [4.69, 9.17) is 16.6 Å². The molecule has 0 aliphatic rings. The lowest BCUT2D eigenvalue weighted by Crippen LogP contribution is -2.33. The first-order valence-electron chi connectivity index (χ1n) is 5.49. The van der Waals surface area contributed by atoms with Crippen LogP contribution in [0.1, 0.15) is 16.1 Å². The van der Waals surface area contributed by atoms with Crippen molar-refractivity contribution in [1.29, 1.82) is 0 Å². The van der Waals surface area contributed by atoms with E-state index in [9.17, 15) is 4.79 Å². The van der Waals surface area contributed by atoms with Crippen LogP contribution in [0.4, 0.5) is 5.69 Å². The van der Waals surface area contributed by atoms with Crippen molar-refractivity contribution < 1.29 is 9.21 Å². The Balaban J connectivity index is 1.94. The number of halogens is 1. The van der Waals surface area contributed by atoms with E-state index in [1.54, 1.807) is 12.1 Å². The second-order valence-electron chi connectivity index (χ2n) is 3.88. The molecule has 4 nitrogen and oxygen atoms in total. The predicted molar refractivity (Wildman–Crippen MR) is 81.3 cm³/mol. The molecule has 0 spiro atoms. The summed E-state index contributed by atoms with van der Waals surface area (Å²) in [5.41, 5.74) is 1.97. The minimum atomic E-state index is -0.393. The number of anilines is 1. The fourth-order valence-electron chi connectivity index (χ4n) is 1.40. The summed E-state index contributed by atoms with van der Waals surface area (Å²) < 4.78 is 5.62. The molecule has 19 heavy (non-hydrogen) atoms. The molecular weight excluding hydrogens is 328 g/mol. The Hall–Kier alpha value is -1.66. The van der Waals surface area contributed by atoms with Crippen LogP contribution in [-0.4, -0.2) is 11.0 Å². The summed E-state index contributed by atoms with van der Waals surface area (Å²) in [7, 11) is 0. The summed E-state index contributed by atoms with van der Waals surface area (Å²) in [4.78, 5) is 11.8. The fourth-order valence-corrected chi connectivity index (χ4v) is 1.92. The van der Waals surface area contributed by atoms with Gasteiger partial charge in [-0.1, -0.05) is 17.7 Å². The Labute approximate surface area is 124 Å². The van der Waals surface area contributed by atoms with Crippen LogP contribution in [0.5, 0.6) is 0 Å². The van der Waals surface area contributed by atoms with Crippen LogP contribution in [0, 0.1) is 6.92 Å². The van der Waals surface area contributed by atoms with Crippen LogP contribution in [0.2, 0.25) is 0 Å². The molecule has 0 aliphatic heterocycles. The molecule has 1 amide bonds. The van der Waals surface area contributed by atoms with Crippen LogP contribution in [0.25, 0.3) is 0 Å². The van der Waals surface area contributed by atoms with Gasteiger partial charge in [-0.15, -0.1) is 0 Å². The quantitative estimate of drug-likeness (QED) is 0.823. The van der Waals surface area contributed by atoms with Crippen LogP contribution in [-0.2, 0) is 0 Å². The summed E-state index contributed by atoms with van der Waals surface area (Å²) in [6, 6.07) is 10.9. The van der Waals surface area contributed by atoms with E-state index in [-0.39, 0.29) is 10.9 Å². The van der Waals surface area contributed by atoms with E-state index in [2.05, 4.69) is 26.6 Å². The number of carbonyl (C=O) groups excluding carboxylic acids is 1. The van der Waals surface area contributed by atoms with E-state index in [1.165, 1.54) is 0 Å². The molecule has 0 saturated heterocycles. The Kier molecular flexibility index (Phi) is 4.34. The molecule has 6 heteroatoms. The van der Waals surface area contributed by atoms with Crippen molar-refractivity contribution in [1.82, 2.24) is 5.32 Å². The van der Waals surface area contributed by atoms with Gasteiger partial charge in [-0.3, -0.25) is 10.1 Å². The van der Waals surface area contributed by atoms with Gasteiger partial charge in [0.2, 0.25) is 0 Å². The summed E-state index contributed by atoms with van der Waals surface area (Å²) >= 11 is 8.19. The number of benzene rings is 1. The number of hydrogen-bond acceptors (Lipinski definition) is 3. The average molecular weight is 339 g/mol. The molecule has 2 aromatic rings. The van der Waals surface area contributed by atoms with Gasteiger partial charge in [0, 0.05) is 5.69 Å². The number of carbonyl (C=O) groups is 1. The van der Waals surface area contributed by atoms with Crippen LogP contribution in [0.3, 0.4) is 0 Å². The molecule has 0 fully saturated rings. The van der Waals surface area contributed by atoms with Crippen molar-refractivity contribution in [3.63, 3.8) is 0 Å². The molecule has 98 valence electrons. The molecule has 2 N–H and O–H groups in total. The van der Waals surface area contributed by atoms with Gasteiger partial charge in [0.15, 0.2) is 15.5 Å². The number of rotatable bonds is 2. The van der Waals surface area contributed by atoms with Gasteiger partial charge in [-0.2, -0.15) is 0 Å². The zero-order valence-corrected chi connectivity index (χ0v) is 12.5. The smallest absolute Gasteiger partial charge is 0.293 e. The Morgan fingerprint density at radius 3 is 2.47 bits per heavy atom. The van der Waals surface area contributed by atoms with Gasteiger partial charge in [-0.05, 0) is 59.3 Å². The minimum absolute atomic E-state index is 0.194. The third-order valence-electron chi connectivity index (χ3n) is 2.33. The molecule has 1 heterocycles. The van der Waals surface area contributed by atoms with Crippen LogP contribution >= 0.6 is 28.1 Å². The van der Waals surface area contributed by atoms with E-state index < -0.39 is 5.91 Å². The number of amides is 1. The number of nitrogens with one attached hydrogen (secondary N) is 2. The van der Waals surface area contributed by atoms with E-state index in [1.807, 2.05) is 31.2 Å². The Morgan fingerprint density at radius 2 is 1.89 bits per heavy atom. The fraction of sp³-hybridized carbons (Fsp3) is 0.0769. The second kappa shape index (κ2) is 5.99. The first-order valence-corrected chi connectivity index (χ1v) is 6.69. The second-order valence-corrected chi connectivity index (χ2v) is 5.07. The highest BCUT2D eigenvalue weighted by molar-refractivity contribution is 9.10. The SMILES string of the molecule is Cc1ccc(NC(=S)NC(=O)c2ccc(Br)o2)cc1. The molecule has 0 atom stereocenters. The third-order valence-corrected chi connectivity index (χ3v) is 2.96. The van der Waals surface area contributed by atoms with Crippen LogP contribution in [0.15, 0.2) is 45.5 Å². The van der Waals surface area contributed by atoms with Gasteiger partial charge >= 0.3 is 0 Å². The van der Waals surface area contributed by atoms with Crippen LogP contribution < -0.4 is 10.6 Å². The first-order chi connectivity index (χ1) is 9.04. The lowest BCUT2D eigenvalue weighted by molar-refractivity contribution is 0.0949. The molecular formula is C13H11BrN2O2S. The predicted octanol–water partition coefficient (Wildman–Crippen LogP) is 3.48. The number of aryl methyl sites for hydroxylation is 1. The van der Waals surface area contributed by atoms with Crippen molar-refractivity contribution in [3.05, 3.63) is 52.4 Å². The monoisotopic (exact) mass is 338 g/mol. The van der Waals surface area contributed by atoms with Crippen molar-refractivity contribution in [2.75, 3.05) is 5.32 Å². The molecule has 1 aromatic carbocycles. The molecule has 1 aromatic heterocycles. The number of furan rings is 1. The average Bonchev–Trinajstić information content (AvgIpc) is 2.79. The standard InChI is InChI=1S/C13H11BrN2O2S/c1-8-2-4-9(5-3-8)15-13(19)16-12(17)10-6-7-11(14)18-10/h2-7H,1H3,(H2,15,16,17,19). The number of hydrogen-bond donors (Lipinski definition) is 2. The lowest BCUT2D eigenvalue weighted by atomic mass is 10.2. The van der Waals surface area contributed by atoms with Crippen molar-refractivity contribution in [2.24, 2.45) is 0 Å². The Morgan fingerprint density at radius 1 is 1.21 bits per heavy atom. The van der Waals surface area contributed by atoms with Gasteiger partial charge < -0.3 is 9.73 Å². The van der Waals surface area contributed by atoms with E-state index in [0.29, 0.717) is 4.67 Å². The maximum absolute atomic E-state index is 11.8. The molecule has 0 saturated carbocycles. The summed E-state index contributed by atoms with van der Waals surface area (Å²) in [6.45, 7) is 2.00. The third kappa shape index (κ3) is 3.90. The molecule has 0 unspecified atom stereocenters. The van der Waals surface area contributed by atoms with Gasteiger partial charge in [-0.25, -0.2) is 0 Å². The Bertz CT molecular complexity index is 607. The highest BCUT2D eigenvalue weighted by Crippen LogP contribution is 2.14. The topological polar surface area (TPSA) is 54.3 Å². The zero-order valence-electron chi connectivity index (χ0n) is 10.1. The molecule has 0 aliphatic carbocycles. The van der Waals surface area contributed by atoms with E-state index >= 15 is 0 Å². The highest BCUT2D eigenvalue weighted by Gasteiger charge is 2.11. The summed E-state index contributed by atoms with van der Waals surface area (Å²) in [5, 5.41) is 5.69. The lowest BCUT2D eigenvalue weighted by Gasteiger charge is -2.08. The molecule has 0 radical (unpaired) electrons. The highest BCUT2D eigenvalue weighted by atomic mass is 79.9. The normalized spacial score (nSPS) is 10.0. The molecule has 2 rings (SSSR count). The largest absolute Gasteiger partial charge is 0.444 e.